The van der Waals surface area contributed by atoms with Crippen molar-refractivity contribution in [1.29, 1.82) is 0 Å². The molecule has 3 rings (SSSR count). The number of ether oxygens (including phenoxy) is 1. The minimum Gasteiger partial charge on any atom is -0.489 e. The van der Waals surface area contributed by atoms with Gasteiger partial charge in [0.15, 0.2) is 5.82 Å². The molecule has 0 atom stereocenters. The molecule has 0 fully saturated rings. The topological polar surface area (TPSA) is 73.1 Å². The maximum absolute atomic E-state index is 5.76. The molecular formula is C16H16N4OS. The zero-order valence-electron chi connectivity index (χ0n) is 12.2. The van der Waals surface area contributed by atoms with Crippen molar-refractivity contribution >= 4 is 27.4 Å². The van der Waals surface area contributed by atoms with Crippen LogP contribution in [0.25, 0.3) is 20.7 Å². The van der Waals surface area contributed by atoms with Crippen LogP contribution >= 0.6 is 11.3 Å². The van der Waals surface area contributed by atoms with E-state index in [0.717, 1.165) is 32.0 Å². The van der Waals surface area contributed by atoms with Gasteiger partial charge >= 0.3 is 0 Å². The highest BCUT2D eigenvalue weighted by Crippen LogP contribution is 2.42. The Morgan fingerprint density at radius 3 is 2.95 bits per heavy atom. The second-order valence-electron chi connectivity index (χ2n) is 4.70. The number of hydrazine groups is 1. The monoisotopic (exact) mass is 312 g/mol. The molecule has 1 aromatic carbocycles. The number of hydrogen-bond donors (Lipinski definition) is 2. The lowest BCUT2D eigenvalue weighted by atomic mass is 10.1. The third-order valence-corrected chi connectivity index (χ3v) is 4.65. The average molecular weight is 312 g/mol. The van der Waals surface area contributed by atoms with Gasteiger partial charge in [0.1, 0.15) is 18.7 Å². The molecule has 0 bridgehead atoms. The van der Waals surface area contributed by atoms with E-state index in [0.29, 0.717) is 12.4 Å². The fourth-order valence-corrected chi connectivity index (χ4v) is 3.56. The summed E-state index contributed by atoms with van der Waals surface area (Å²) >= 11 is 1.60. The van der Waals surface area contributed by atoms with E-state index in [-0.39, 0.29) is 0 Å². The lowest BCUT2D eigenvalue weighted by Gasteiger charge is -2.09. The Kier molecular flexibility index (Phi) is 4.04. The second kappa shape index (κ2) is 6.13. The van der Waals surface area contributed by atoms with Gasteiger partial charge in [-0.25, -0.2) is 15.8 Å². The fourth-order valence-electron chi connectivity index (χ4n) is 2.31. The Balaban J connectivity index is 2.19. The van der Waals surface area contributed by atoms with Gasteiger partial charge in [0.2, 0.25) is 0 Å². The molecule has 0 saturated heterocycles. The number of hydrogen-bond acceptors (Lipinski definition) is 6. The zero-order valence-corrected chi connectivity index (χ0v) is 13.0. The maximum Gasteiger partial charge on any atom is 0.161 e. The molecule has 22 heavy (non-hydrogen) atoms. The summed E-state index contributed by atoms with van der Waals surface area (Å²) in [6.07, 6.45) is 3.25. The van der Waals surface area contributed by atoms with Crippen LogP contribution in [-0.2, 0) is 0 Å². The number of aromatic nitrogens is 2. The molecule has 2 aromatic heterocycles. The second-order valence-corrected chi connectivity index (χ2v) is 5.72. The highest BCUT2D eigenvalue weighted by Gasteiger charge is 2.17. The van der Waals surface area contributed by atoms with Crippen LogP contribution in [-0.4, -0.2) is 16.6 Å². The predicted octanol–water partition coefficient (Wildman–Crippen LogP) is 3.52. The van der Waals surface area contributed by atoms with Crippen LogP contribution in [0.2, 0.25) is 0 Å². The van der Waals surface area contributed by atoms with Crippen LogP contribution in [0.1, 0.15) is 5.56 Å². The van der Waals surface area contributed by atoms with Crippen molar-refractivity contribution < 1.29 is 4.74 Å². The molecule has 3 N–H and O–H groups in total. The molecule has 0 unspecified atom stereocenters. The Bertz CT molecular complexity index is 828. The zero-order chi connectivity index (χ0) is 15.5. The number of nitrogens with zero attached hydrogens (tertiary/aromatic N) is 2. The Morgan fingerprint density at radius 2 is 2.18 bits per heavy atom. The number of para-hydroxylation sites is 1. The molecule has 0 amide bonds. The lowest BCUT2D eigenvalue weighted by molar-refractivity contribution is 0.365. The molecule has 6 heteroatoms. The van der Waals surface area contributed by atoms with E-state index in [1.54, 1.807) is 17.4 Å². The largest absolute Gasteiger partial charge is 0.489 e. The number of fused-ring (bicyclic) bond motifs is 1. The van der Waals surface area contributed by atoms with E-state index in [2.05, 4.69) is 22.0 Å². The summed E-state index contributed by atoms with van der Waals surface area (Å²) in [5, 5.41) is 0. The van der Waals surface area contributed by atoms with E-state index in [1.165, 1.54) is 6.33 Å². The standard InChI is InChI=1S/C16H16N4OS/c1-3-8-21-12-7-5-4-6-11(12)14-10(2)13-15(22-14)16(20-17)19-9-18-13/h3-7,9H,1,8,17H2,2H3,(H,18,19,20). The van der Waals surface area contributed by atoms with Gasteiger partial charge < -0.3 is 10.2 Å². The van der Waals surface area contributed by atoms with Crippen LogP contribution in [0.5, 0.6) is 5.75 Å². The van der Waals surface area contributed by atoms with Crippen molar-refractivity contribution in [2.75, 3.05) is 12.0 Å². The van der Waals surface area contributed by atoms with E-state index >= 15 is 0 Å². The summed E-state index contributed by atoms with van der Waals surface area (Å²) in [6, 6.07) is 7.94. The van der Waals surface area contributed by atoms with E-state index in [9.17, 15) is 0 Å². The van der Waals surface area contributed by atoms with Crippen molar-refractivity contribution in [3.63, 3.8) is 0 Å². The van der Waals surface area contributed by atoms with Gasteiger partial charge in [-0.05, 0) is 24.6 Å². The molecule has 0 aliphatic carbocycles. The minimum absolute atomic E-state index is 0.469. The normalized spacial score (nSPS) is 10.6. The summed E-state index contributed by atoms with van der Waals surface area (Å²) in [7, 11) is 0. The Labute approximate surface area is 132 Å². The van der Waals surface area contributed by atoms with Gasteiger partial charge in [-0.1, -0.05) is 24.8 Å². The fraction of sp³-hybridized carbons (Fsp3) is 0.125. The number of nitrogens with two attached hydrogens (primary N) is 1. The molecule has 0 radical (unpaired) electrons. The number of thiophene rings is 1. The summed E-state index contributed by atoms with van der Waals surface area (Å²) < 4.78 is 6.70. The number of anilines is 1. The molecule has 2 heterocycles. The minimum atomic E-state index is 0.469. The van der Waals surface area contributed by atoms with E-state index in [1.807, 2.05) is 31.2 Å². The van der Waals surface area contributed by atoms with Crippen molar-refractivity contribution in [2.24, 2.45) is 5.84 Å². The molecule has 112 valence electrons. The summed E-state index contributed by atoms with van der Waals surface area (Å²) in [4.78, 5) is 9.64. The molecule has 5 nitrogen and oxygen atoms in total. The molecule has 0 aliphatic heterocycles. The van der Waals surface area contributed by atoms with Crippen molar-refractivity contribution in [3.8, 4) is 16.2 Å². The maximum atomic E-state index is 5.76. The summed E-state index contributed by atoms with van der Waals surface area (Å²) in [5.74, 6) is 7.00. The number of nitrogen functional groups attached to an aromatic ring is 1. The van der Waals surface area contributed by atoms with Gasteiger partial charge in [-0.15, -0.1) is 11.3 Å². The smallest absolute Gasteiger partial charge is 0.161 e. The van der Waals surface area contributed by atoms with Crippen molar-refractivity contribution in [2.45, 2.75) is 6.92 Å². The Hall–Kier alpha value is -2.44. The third kappa shape index (κ3) is 2.43. The highest BCUT2D eigenvalue weighted by molar-refractivity contribution is 7.23. The number of rotatable bonds is 5. The molecule has 0 spiro atoms. The number of nitrogens with one attached hydrogen (secondary N) is 1. The average Bonchev–Trinajstić information content (AvgIpc) is 2.90. The van der Waals surface area contributed by atoms with Crippen LogP contribution in [0, 0.1) is 6.92 Å². The first-order valence-electron chi connectivity index (χ1n) is 6.80. The Morgan fingerprint density at radius 1 is 1.36 bits per heavy atom. The predicted molar refractivity (Wildman–Crippen MR) is 91.1 cm³/mol. The summed E-state index contributed by atoms with van der Waals surface area (Å²) in [6.45, 7) is 6.21. The van der Waals surface area contributed by atoms with Crippen molar-refractivity contribution in [3.05, 3.63) is 48.8 Å². The first-order chi connectivity index (χ1) is 10.8. The first-order valence-corrected chi connectivity index (χ1v) is 7.61. The number of benzene rings is 1. The first kappa shape index (κ1) is 14.5. The van der Waals surface area contributed by atoms with Crippen LogP contribution < -0.4 is 16.0 Å². The molecular weight excluding hydrogens is 296 g/mol. The quantitative estimate of drug-likeness (QED) is 0.428. The van der Waals surface area contributed by atoms with Crippen LogP contribution in [0.15, 0.2) is 43.2 Å². The van der Waals surface area contributed by atoms with Gasteiger partial charge in [-0.2, -0.15) is 0 Å². The molecule has 0 aliphatic rings. The molecule has 3 aromatic rings. The molecule has 0 saturated carbocycles. The summed E-state index contributed by atoms with van der Waals surface area (Å²) in [5.41, 5.74) is 5.66. The van der Waals surface area contributed by atoms with Gasteiger partial charge in [0, 0.05) is 10.4 Å². The van der Waals surface area contributed by atoms with Gasteiger partial charge in [0.05, 0.1) is 10.2 Å². The van der Waals surface area contributed by atoms with Crippen LogP contribution in [0.3, 0.4) is 0 Å². The van der Waals surface area contributed by atoms with E-state index < -0.39 is 0 Å². The lowest BCUT2D eigenvalue weighted by Crippen LogP contribution is -2.08. The SMILES string of the molecule is C=CCOc1ccccc1-c1sc2c(NN)ncnc2c1C. The number of aryl methyl sites for hydroxylation is 1. The highest BCUT2D eigenvalue weighted by atomic mass is 32.1. The van der Waals surface area contributed by atoms with Crippen LogP contribution in [0.4, 0.5) is 5.82 Å². The van der Waals surface area contributed by atoms with E-state index in [4.69, 9.17) is 10.6 Å². The van der Waals surface area contributed by atoms with Gasteiger partial charge in [0.25, 0.3) is 0 Å². The third-order valence-electron chi connectivity index (χ3n) is 3.33. The van der Waals surface area contributed by atoms with Crippen molar-refractivity contribution in [1.82, 2.24) is 9.97 Å². The van der Waals surface area contributed by atoms with Gasteiger partial charge in [-0.3, -0.25) is 0 Å².